The Morgan fingerprint density at radius 3 is 2.62 bits per heavy atom. The van der Waals surface area contributed by atoms with Gasteiger partial charge in [0.15, 0.2) is 6.29 Å². The number of hydrogen-bond acceptors (Lipinski definition) is 8. The molecule has 2 heterocycles. The van der Waals surface area contributed by atoms with Crippen molar-refractivity contribution in [3.63, 3.8) is 0 Å². The highest BCUT2D eigenvalue weighted by atomic mass is 16.6. The monoisotopic (exact) mass is 336 g/mol. The van der Waals surface area contributed by atoms with Crippen LogP contribution in [0.2, 0.25) is 0 Å². The molecule has 1 aliphatic rings. The lowest BCUT2D eigenvalue weighted by Gasteiger charge is -2.40. The van der Waals surface area contributed by atoms with E-state index in [1.54, 1.807) is 31.2 Å². The summed E-state index contributed by atoms with van der Waals surface area (Å²) >= 11 is 0. The summed E-state index contributed by atoms with van der Waals surface area (Å²) in [5.41, 5.74) is 0.871. The van der Waals surface area contributed by atoms with Gasteiger partial charge in [-0.2, -0.15) is 0 Å². The van der Waals surface area contributed by atoms with Gasteiger partial charge in [0.05, 0.1) is 6.61 Å². The summed E-state index contributed by atoms with van der Waals surface area (Å²) in [7, 11) is 0. The van der Waals surface area contributed by atoms with Gasteiger partial charge in [-0.15, -0.1) is 0 Å². The minimum Gasteiger partial charge on any atom is -0.422 e. The number of hydrogen-bond donors (Lipinski definition) is 5. The zero-order valence-corrected chi connectivity index (χ0v) is 12.9. The van der Waals surface area contributed by atoms with E-state index in [1.165, 1.54) is 0 Å². The van der Waals surface area contributed by atoms with Crippen LogP contribution in [0.5, 0.6) is 0 Å². The number of anilines is 1. The maximum atomic E-state index is 11.6. The van der Waals surface area contributed by atoms with Gasteiger partial charge in [0.1, 0.15) is 29.9 Å². The van der Waals surface area contributed by atoms with Gasteiger partial charge in [0.2, 0.25) is 0 Å². The zero-order valence-electron chi connectivity index (χ0n) is 12.9. The molecule has 1 aromatic carbocycles. The lowest BCUT2D eigenvalue weighted by Crippen LogP contribution is -2.61. The Labute approximate surface area is 136 Å². The third-order valence-corrected chi connectivity index (χ3v) is 4.14. The van der Waals surface area contributed by atoms with Crippen LogP contribution in [-0.4, -0.2) is 57.7 Å². The third-order valence-electron chi connectivity index (χ3n) is 4.14. The highest BCUT2D eigenvalue weighted by Crippen LogP contribution is 2.25. The van der Waals surface area contributed by atoms with E-state index >= 15 is 0 Å². The van der Waals surface area contributed by atoms with E-state index in [1.807, 2.05) is 0 Å². The second-order valence-corrected chi connectivity index (χ2v) is 5.87. The van der Waals surface area contributed by atoms with E-state index in [0.717, 1.165) is 5.39 Å². The average molecular weight is 336 g/mol. The van der Waals surface area contributed by atoms with Crippen LogP contribution in [-0.2, 0) is 4.74 Å². The van der Waals surface area contributed by atoms with Crippen molar-refractivity contribution in [2.45, 2.75) is 37.6 Å². The van der Waals surface area contributed by atoms with Crippen LogP contribution in [0.1, 0.15) is 5.56 Å². The van der Waals surface area contributed by atoms with Gasteiger partial charge in [0.25, 0.3) is 0 Å². The Morgan fingerprint density at radius 2 is 1.92 bits per heavy atom. The summed E-state index contributed by atoms with van der Waals surface area (Å²) in [5.74, 6) is 0. The van der Waals surface area contributed by atoms with Crippen molar-refractivity contribution in [1.82, 2.24) is 0 Å². The van der Waals surface area contributed by atoms with Gasteiger partial charge in [-0.25, -0.2) is 4.79 Å². The van der Waals surface area contributed by atoms with Gasteiger partial charge < -0.3 is 34.9 Å². The normalized spacial score (nSPS) is 30.5. The minimum atomic E-state index is -1.43. The van der Waals surface area contributed by atoms with Crippen LogP contribution in [0.25, 0.3) is 11.0 Å². The van der Waals surface area contributed by atoms with Crippen molar-refractivity contribution < 1.29 is 29.6 Å². The summed E-state index contributed by atoms with van der Waals surface area (Å²) in [6, 6.07) is 5.65. The summed E-state index contributed by atoms with van der Waals surface area (Å²) in [5, 5.41) is 42.7. The van der Waals surface area contributed by atoms with Crippen LogP contribution >= 0.6 is 0 Å². The highest BCUT2D eigenvalue weighted by molar-refractivity contribution is 5.80. The van der Waals surface area contributed by atoms with Gasteiger partial charge >= 0.3 is 5.63 Å². The number of nitrogens with one attached hydrogen (secondary N) is 1. The van der Waals surface area contributed by atoms with E-state index in [4.69, 9.17) is 14.3 Å². The molecule has 1 saturated heterocycles. The number of aliphatic hydroxyl groups excluding tert-OH is 4. The number of fused-ring (bicyclic) bond motifs is 1. The first kappa shape index (κ1) is 16.9. The van der Waals surface area contributed by atoms with E-state index in [9.17, 15) is 20.1 Å². The molecule has 24 heavy (non-hydrogen) atoms. The second kappa shape index (κ2) is 6.50. The topological polar surface area (TPSA) is 132 Å². The van der Waals surface area contributed by atoms with Crippen molar-refractivity contribution in [3.05, 3.63) is 40.2 Å². The molecule has 0 radical (unpaired) electrons. The smallest absolute Gasteiger partial charge is 0.339 e. The molecule has 8 nitrogen and oxygen atoms in total. The maximum absolute atomic E-state index is 11.6. The van der Waals surface area contributed by atoms with Crippen LogP contribution in [0.4, 0.5) is 5.69 Å². The predicted molar refractivity (Wildman–Crippen MR) is 84.6 cm³/mol. The number of rotatable bonds is 3. The minimum absolute atomic E-state index is 0.352. The Kier molecular flexibility index (Phi) is 4.57. The molecule has 5 atom stereocenters. The zero-order chi connectivity index (χ0) is 17.4. The molecule has 3 rings (SSSR count). The fourth-order valence-electron chi connectivity index (χ4n) is 2.75. The molecule has 0 amide bonds. The Hall–Kier alpha value is -1.97. The summed E-state index contributed by atoms with van der Waals surface area (Å²) in [6.07, 6.45) is -5.20. The predicted octanol–water partition coefficient (Wildman–Crippen LogP) is -0.687. The molecule has 130 valence electrons. The molecule has 2 unspecified atom stereocenters. The van der Waals surface area contributed by atoms with E-state index in [-0.39, 0.29) is 0 Å². The first-order valence-electron chi connectivity index (χ1n) is 7.52. The van der Waals surface area contributed by atoms with Crippen molar-refractivity contribution in [3.8, 4) is 0 Å². The second-order valence-electron chi connectivity index (χ2n) is 5.87. The Morgan fingerprint density at radius 1 is 1.17 bits per heavy atom. The van der Waals surface area contributed by atoms with Crippen molar-refractivity contribution >= 4 is 16.7 Å². The molecule has 1 aromatic heterocycles. The van der Waals surface area contributed by atoms with Crippen molar-refractivity contribution in [2.24, 2.45) is 0 Å². The van der Waals surface area contributed by atoms with Crippen molar-refractivity contribution in [1.29, 1.82) is 0 Å². The largest absolute Gasteiger partial charge is 0.422 e. The Bertz CT molecular complexity index is 790. The molecule has 0 bridgehead atoms. The van der Waals surface area contributed by atoms with E-state index < -0.39 is 42.9 Å². The highest BCUT2D eigenvalue weighted by Gasteiger charge is 2.43. The summed E-state index contributed by atoms with van der Waals surface area (Å²) < 4.78 is 10.3. The van der Waals surface area contributed by atoms with Gasteiger partial charge in [-0.1, -0.05) is 0 Å². The SMILES string of the molecule is [11CH3]c1cc2ccc(NC3[C@H](O)OC(CO)[C@@H](O)[C@@H]3O)cc2oc1=O. The van der Waals surface area contributed by atoms with Gasteiger partial charge in [0, 0.05) is 22.7 Å². The number of aryl methyl sites for hydroxylation is 1. The molecular formula is C16H19NO7. The molecular weight excluding hydrogens is 317 g/mol. The standard InChI is InChI=1S/C16H19NO7/c1-7-4-8-2-3-9(5-10(8)23-15(7)21)17-12-14(20)13(19)11(6-18)24-16(12)22/h2-5,11-14,16-20,22H,6H2,1H3/t11?,12?,13-,14-,16-/m1/s1/i1-1. The summed E-state index contributed by atoms with van der Waals surface area (Å²) in [6.45, 7) is 1.13. The fraction of sp³-hybridized carbons (Fsp3) is 0.438. The number of ether oxygens (including phenoxy) is 1. The molecule has 5 N–H and O–H groups in total. The van der Waals surface area contributed by atoms with Gasteiger partial charge in [-0.3, -0.25) is 0 Å². The number of benzene rings is 1. The van der Waals surface area contributed by atoms with Gasteiger partial charge in [-0.05, 0) is 25.1 Å². The first-order valence-corrected chi connectivity index (χ1v) is 7.52. The number of aliphatic hydroxyl groups is 4. The van der Waals surface area contributed by atoms with Crippen LogP contribution < -0.4 is 10.9 Å². The third kappa shape index (κ3) is 3.02. The molecule has 0 aliphatic carbocycles. The van der Waals surface area contributed by atoms with Crippen LogP contribution in [0.15, 0.2) is 33.5 Å². The van der Waals surface area contributed by atoms with Crippen LogP contribution in [0.3, 0.4) is 0 Å². The first-order chi connectivity index (χ1) is 11.4. The quantitative estimate of drug-likeness (QED) is 0.466. The van der Waals surface area contributed by atoms with E-state index in [2.05, 4.69) is 5.32 Å². The van der Waals surface area contributed by atoms with E-state index in [0.29, 0.717) is 16.8 Å². The molecule has 1 fully saturated rings. The fourth-order valence-corrected chi connectivity index (χ4v) is 2.75. The lowest BCUT2D eigenvalue weighted by atomic mass is 9.96. The molecule has 8 heteroatoms. The molecule has 0 saturated carbocycles. The summed E-state index contributed by atoms with van der Waals surface area (Å²) in [4.78, 5) is 11.6. The Balaban J connectivity index is 1.86. The maximum Gasteiger partial charge on any atom is 0.339 e. The molecule has 1 aliphatic heterocycles. The molecule has 0 spiro atoms. The van der Waals surface area contributed by atoms with Crippen molar-refractivity contribution in [2.75, 3.05) is 11.9 Å². The average Bonchev–Trinajstić information content (AvgIpc) is 2.56. The molecule has 2 aromatic rings. The van der Waals surface area contributed by atoms with Crippen LogP contribution in [0, 0.1) is 6.92 Å². The lowest BCUT2D eigenvalue weighted by molar-refractivity contribution is -0.245.